The summed E-state index contributed by atoms with van der Waals surface area (Å²) in [6.07, 6.45) is -2.52. The van der Waals surface area contributed by atoms with E-state index in [4.69, 9.17) is 4.74 Å². The number of nitrogens with zero attached hydrogens (tertiary/aromatic N) is 4. The third-order valence-corrected chi connectivity index (χ3v) is 6.31. The van der Waals surface area contributed by atoms with E-state index in [1.54, 1.807) is 0 Å². The van der Waals surface area contributed by atoms with Crippen molar-refractivity contribution in [1.82, 2.24) is 19.9 Å². The molecule has 1 fully saturated rings. The van der Waals surface area contributed by atoms with E-state index in [-0.39, 0.29) is 23.1 Å². The van der Waals surface area contributed by atoms with Gasteiger partial charge in [-0.05, 0) is 25.5 Å². The predicted octanol–water partition coefficient (Wildman–Crippen LogP) is 4.13. The van der Waals surface area contributed by atoms with Crippen molar-refractivity contribution in [2.24, 2.45) is 5.41 Å². The molecular formula is C22H21F3N6O. The smallest absolute Gasteiger partial charge is 0.431 e. The van der Waals surface area contributed by atoms with Gasteiger partial charge >= 0.3 is 6.18 Å². The molecule has 3 atom stereocenters. The molecule has 0 radical (unpaired) electrons. The first-order chi connectivity index (χ1) is 15.3. The van der Waals surface area contributed by atoms with Gasteiger partial charge in [0.1, 0.15) is 35.8 Å². The number of ether oxygens (including phenoxy) is 1. The number of fused-ring (bicyclic) bond motifs is 2. The van der Waals surface area contributed by atoms with E-state index < -0.39 is 17.3 Å². The zero-order valence-electron chi connectivity index (χ0n) is 17.3. The van der Waals surface area contributed by atoms with Crippen LogP contribution in [0.25, 0.3) is 11.0 Å². The standard InChI is InChI=1S/C22H21F3N6O/c1-21(10-26)6-7-31(11-21)15-9-32-16-5-3-2-4-13(16)18(15)30-20-14-8-17(22(23,24)25)29-19(14)27-12-28-20/h2-5,8,12,15,18H,6-7,9,11H2,1H3,(H2,27,28,29,30)/t15-,18-,21+/m0/s1. The van der Waals surface area contributed by atoms with Gasteiger partial charge in [0.25, 0.3) is 0 Å². The molecule has 7 nitrogen and oxygen atoms in total. The third-order valence-electron chi connectivity index (χ3n) is 6.31. The quantitative estimate of drug-likeness (QED) is 0.634. The summed E-state index contributed by atoms with van der Waals surface area (Å²) in [7, 11) is 0. The predicted molar refractivity (Wildman–Crippen MR) is 111 cm³/mol. The Labute approximate surface area is 182 Å². The number of nitrogens with one attached hydrogen (secondary N) is 2. The number of aromatic nitrogens is 3. The van der Waals surface area contributed by atoms with Gasteiger partial charge in [-0.3, -0.25) is 4.90 Å². The van der Waals surface area contributed by atoms with Crippen LogP contribution in [0.3, 0.4) is 0 Å². The van der Waals surface area contributed by atoms with E-state index in [1.807, 2.05) is 31.2 Å². The van der Waals surface area contributed by atoms with Crippen LogP contribution in [0.15, 0.2) is 36.7 Å². The van der Waals surface area contributed by atoms with Crippen molar-refractivity contribution in [2.45, 2.75) is 31.6 Å². The summed E-state index contributed by atoms with van der Waals surface area (Å²) in [5, 5.41) is 13.2. The lowest BCUT2D eigenvalue weighted by Crippen LogP contribution is -2.47. The number of benzene rings is 1. The van der Waals surface area contributed by atoms with E-state index in [0.717, 1.165) is 30.3 Å². The number of anilines is 1. The van der Waals surface area contributed by atoms with Crippen LogP contribution >= 0.6 is 0 Å². The summed E-state index contributed by atoms with van der Waals surface area (Å²) in [5.41, 5.74) is -0.298. The average Bonchev–Trinajstić information content (AvgIpc) is 3.39. The number of rotatable bonds is 3. The topological polar surface area (TPSA) is 89.9 Å². The van der Waals surface area contributed by atoms with Crippen LogP contribution in [0.1, 0.15) is 30.6 Å². The van der Waals surface area contributed by atoms with Crippen molar-refractivity contribution in [3.05, 3.63) is 47.9 Å². The molecule has 0 amide bonds. The summed E-state index contributed by atoms with van der Waals surface area (Å²) in [4.78, 5) is 12.8. The van der Waals surface area contributed by atoms with Crippen LogP contribution in [0.5, 0.6) is 5.75 Å². The highest BCUT2D eigenvalue weighted by Crippen LogP contribution is 2.41. The van der Waals surface area contributed by atoms with Crippen molar-refractivity contribution < 1.29 is 17.9 Å². The normalized spacial score (nSPS) is 25.8. The summed E-state index contributed by atoms with van der Waals surface area (Å²) >= 11 is 0. The van der Waals surface area contributed by atoms with Crippen LogP contribution in [0.2, 0.25) is 0 Å². The Bertz CT molecular complexity index is 1200. The Morgan fingerprint density at radius 2 is 2.12 bits per heavy atom. The molecular weight excluding hydrogens is 421 g/mol. The fourth-order valence-electron chi connectivity index (χ4n) is 4.56. The number of alkyl halides is 3. The molecule has 0 spiro atoms. The summed E-state index contributed by atoms with van der Waals surface area (Å²) in [6.45, 7) is 3.67. The Balaban J connectivity index is 1.54. The van der Waals surface area contributed by atoms with E-state index in [9.17, 15) is 18.4 Å². The first-order valence-electron chi connectivity index (χ1n) is 10.3. The van der Waals surface area contributed by atoms with Crippen molar-refractivity contribution in [2.75, 3.05) is 25.0 Å². The van der Waals surface area contributed by atoms with E-state index in [2.05, 4.69) is 31.2 Å². The molecule has 1 aromatic carbocycles. The maximum atomic E-state index is 13.2. The molecule has 4 heterocycles. The number of likely N-dealkylation sites (tertiary alicyclic amines) is 1. The second-order valence-electron chi connectivity index (χ2n) is 8.60. The minimum Gasteiger partial charge on any atom is -0.491 e. The minimum absolute atomic E-state index is 0.116. The van der Waals surface area contributed by atoms with Crippen LogP contribution in [0.4, 0.5) is 19.0 Å². The average molecular weight is 442 g/mol. The van der Waals surface area contributed by atoms with E-state index >= 15 is 0 Å². The molecule has 0 saturated carbocycles. The maximum Gasteiger partial charge on any atom is 0.431 e. The van der Waals surface area contributed by atoms with Crippen LogP contribution in [-0.2, 0) is 6.18 Å². The highest BCUT2D eigenvalue weighted by molar-refractivity contribution is 5.88. The van der Waals surface area contributed by atoms with Gasteiger partial charge in [-0.25, -0.2) is 9.97 Å². The van der Waals surface area contributed by atoms with Crippen molar-refractivity contribution in [1.29, 1.82) is 5.26 Å². The summed E-state index contributed by atoms with van der Waals surface area (Å²) in [5.74, 6) is 1.04. The highest BCUT2D eigenvalue weighted by atomic mass is 19.4. The first kappa shape index (κ1) is 20.6. The molecule has 166 valence electrons. The Kier molecular flexibility index (Phi) is 4.74. The fourth-order valence-corrected chi connectivity index (χ4v) is 4.56. The molecule has 2 aliphatic rings. The Hall–Kier alpha value is -3.32. The minimum atomic E-state index is -4.51. The maximum absolute atomic E-state index is 13.2. The number of hydrogen-bond donors (Lipinski definition) is 2. The Morgan fingerprint density at radius 1 is 1.31 bits per heavy atom. The molecule has 2 N–H and O–H groups in total. The van der Waals surface area contributed by atoms with Gasteiger partial charge in [0, 0.05) is 18.7 Å². The lowest BCUT2D eigenvalue weighted by atomic mass is 9.91. The molecule has 1 saturated heterocycles. The third kappa shape index (κ3) is 3.52. The van der Waals surface area contributed by atoms with Gasteiger partial charge in [-0.2, -0.15) is 18.4 Å². The van der Waals surface area contributed by atoms with Gasteiger partial charge in [0.15, 0.2) is 0 Å². The van der Waals surface area contributed by atoms with Gasteiger partial charge < -0.3 is 15.0 Å². The lowest BCUT2D eigenvalue weighted by Gasteiger charge is -2.39. The number of aromatic amines is 1. The van der Waals surface area contributed by atoms with Crippen LogP contribution in [0, 0.1) is 16.7 Å². The SMILES string of the molecule is C[C@]1(C#N)CCN([C@H]2COc3ccccc3[C@@H]2Nc2ncnc3[nH]c(C(F)(F)F)cc23)C1. The molecule has 32 heavy (non-hydrogen) atoms. The van der Waals surface area contributed by atoms with E-state index in [0.29, 0.717) is 19.0 Å². The van der Waals surface area contributed by atoms with E-state index in [1.165, 1.54) is 6.33 Å². The van der Waals surface area contributed by atoms with Crippen molar-refractivity contribution in [3.63, 3.8) is 0 Å². The molecule has 0 aliphatic carbocycles. The van der Waals surface area contributed by atoms with Crippen LogP contribution < -0.4 is 10.1 Å². The van der Waals surface area contributed by atoms with Crippen LogP contribution in [-0.4, -0.2) is 45.6 Å². The largest absolute Gasteiger partial charge is 0.491 e. The second kappa shape index (κ2) is 7.38. The molecule has 2 aromatic heterocycles. The number of hydrogen-bond acceptors (Lipinski definition) is 6. The highest BCUT2D eigenvalue weighted by Gasteiger charge is 2.43. The molecule has 10 heteroatoms. The molecule has 0 bridgehead atoms. The van der Waals surface area contributed by atoms with Crippen molar-refractivity contribution >= 4 is 16.9 Å². The zero-order valence-corrected chi connectivity index (χ0v) is 17.3. The van der Waals surface area contributed by atoms with Gasteiger partial charge in [-0.1, -0.05) is 18.2 Å². The zero-order chi connectivity index (χ0) is 22.5. The van der Waals surface area contributed by atoms with Gasteiger partial charge in [0.2, 0.25) is 0 Å². The summed E-state index contributed by atoms with van der Waals surface area (Å²) < 4.78 is 45.7. The second-order valence-corrected chi connectivity index (χ2v) is 8.60. The summed E-state index contributed by atoms with van der Waals surface area (Å²) in [6, 6.07) is 10.6. The molecule has 5 rings (SSSR count). The molecule has 3 aromatic rings. The van der Waals surface area contributed by atoms with Crippen molar-refractivity contribution in [3.8, 4) is 11.8 Å². The number of nitriles is 1. The fraction of sp³-hybridized carbons (Fsp3) is 0.409. The molecule has 0 unspecified atom stereocenters. The van der Waals surface area contributed by atoms with Gasteiger partial charge in [0.05, 0.1) is 29.0 Å². The lowest BCUT2D eigenvalue weighted by molar-refractivity contribution is -0.140. The molecule has 2 aliphatic heterocycles. The number of halogens is 3. The first-order valence-corrected chi connectivity index (χ1v) is 10.3. The Morgan fingerprint density at radius 3 is 2.88 bits per heavy atom. The monoisotopic (exact) mass is 442 g/mol. The number of para-hydroxylation sites is 1. The number of H-pyrrole nitrogens is 1. The van der Waals surface area contributed by atoms with Gasteiger partial charge in [-0.15, -0.1) is 0 Å².